The summed E-state index contributed by atoms with van der Waals surface area (Å²) in [4.78, 5) is 23.4. The van der Waals surface area contributed by atoms with Crippen molar-refractivity contribution in [2.24, 2.45) is 0 Å². The second kappa shape index (κ2) is 5.69. The smallest absolute Gasteiger partial charge is 0.254 e. The summed E-state index contributed by atoms with van der Waals surface area (Å²) in [6, 6.07) is 5.72. The molecule has 2 aromatic heterocycles. The first-order valence-electron chi connectivity index (χ1n) is 5.29. The van der Waals surface area contributed by atoms with Crippen molar-refractivity contribution in [2.75, 3.05) is 6.54 Å². The number of rotatable bonds is 4. The molecule has 2 heterocycles. The van der Waals surface area contributed by atoms with Crippen molar-refractivity contribution in [3.8, 4) is 0 Å². The number of pyridine rings is 1. The van der Waals surface area contributed by atoms with Crippen LogP contribution in [0.25, 0.3) is 0 Å². The Balaban J connectivity index is 1.82. The van der Waals surface area contributed by atoms with Gasteiger partial charge < -0.3 is 5.32 Å². The number of nitrogens with zero attached hydrogens (tertiary/aromatic N) is 3. The van der Waals surface area contributed by atoms with Crippen molar-refractivity contribution in [1.29, 1.82) is 0 Å². The highest BCUT2D eigenvalue weighted by atomic mass is 16.1. The summed E-state index contributed by atoms with van der Waals surface area (Å²) in [5.41, 5.74) is 1.42. The van der Waals surface area contributed by atoms with Crippen LogP contribution in [-0.4, -0.2) is 27.4 Å². The van der Waals surface area contributed by atoms with Crippen molar-refractivity contribution in [3.05, 3.63) is 54.4 Å². The monoisotopic (exact) mass is 228 g/mol. The standard InChI is InChI=1S/C12H12N4O/c17-12(10-7-13-9-14-8-10)16-6-4-11-3-1-2-5-15-11/h1-3,5,7-9H,4,6H2,(H,16,17). The molecule has 1 amide bonds. The van der Waals surface area contributed by atoms with E-state index >= 15 is 0 Å². The molecule has 1 N–H and O–H groups in total. The summed E-state index contributed by atoms with van der Waals surface area (Å²) in [5.74, 6) is -0.165. The van der Waals surface area contributed by atoms with Crippen LogP contribution in [0.4, 0.5) is 0 Å². The van der Waals surface area contributed by atoms with E-state index in [4.69, 9.17) is 0 Å². The zero-order chi connectivity index (χ0) is 11.9. The van der Waals surface area contributed by atoms with Gasteiger partial charge in [-0.05, 0) is 12.1 Å². The van der Waals surface area contributed by atoms with Gasteiger partial charge in [-0.25, -0.2) is 9.97 Å². The fourth-order valence-electron chi connectivity index (χ4n) is 1.37. The molecule has 5 nitrogen and oxygen atoms in total. The van der Waals surface area contributed by atoms with Crippen molar-refractivity contribution < 1.29 is 4.79 Å². The maximum absolute atomic E-state index is 11.6. The Bertz CT molecular complexity index is 472. The Morgan fingerprint density at radius 2 is 2.06 bits per heavy atom. The van der Waals surface area contributed by atoms with Crippen LogP contribution in [0.5, 0.6) is 0 Å². The molecule has 0 bridgehead atoms. The zero-order valence-corrected chi connectivity index (χ0v) is 9.21. The number of nitrogens with one attached hydrogen (secondary N) is 1. The number of carbonyl (C=O) groups excluding carboxylic acids is 1. The van der Waals surface area contributed by atoms with E-state index in [-0.39, 0.29) is 5.91 Å². The number of carbonyl (C=O) groups is 1. The normalized spacial score (nSPS) is 9.88. The van der Waals surface area contributed by atoms with Crippen LogP contribution < -0.4 is 5.32 Å². The molecule has 5 heteroatoms. The molecule has 0 aliphatic carbocycles. The Hall–Kier alpha value is -2.30. The van der Waals surface area contributed by atoms with Gasteiger partial charge in [0.1, 0.15) is 6.33 Å². The van der Waals surface area contributed by atoms with E-state index in [1.54, 1.807) is 6.20 Å². The average molecular weight is 228 g/mol. The molecule has 86 valence electrons. The van der Waals surface area contributed by atoms with Crippen LogP contribution in [-0.2, 0) is 6.42 Å². The lowest BCUT2D eigenvalue weighted by atomic mass is 10.2. The van der Waals surface area contributed by atoms with Gasteiger partial charge in [0.05, 0.1) is 5.56 Å². The van der Waals surface area contributed by atoms with Gasteiger partial charge in [-0.1, -0.05) is 6.07 Å². The van der Waals surface area contributed by atoms with E-state index in [9.17, 15) is 4.79 Å². The third kappa shape index (κ3) is 3.34. The molecule has 17 heavy (non-hydrogen) atoms. The summed E-state index contributed by atoms with van der Waals surface area (Å²) < 4.78 is 0. The largest absolute Gasteiger partial charge is 0.352 e. The molecule has 0 fully saturated rings. The van der Waals surface area contributed by atoms with Crippen LogP contribution in [0.3, 0.4) is 0 Å². The molecule has 0 aromatic carbocycles. The third-order valence-corrected chi connectivity index (χ3v) is 2.22. The Morgan fingerprint density at radius 1 is 1.24 bits per heavy atom. The van der Waals surface area contributed by atoms with Crippen LogP contribution in [0, 0.1) is 0 Å². The minimum Gasteiger partial charge on any atom is -0.352 e. The van der Waals surface area contributed by atoms with Crippen molar-refractivity contribution in [1.82, 2.24) is 20.3 Å². The second-order valence-corrected chi connectivity index (χ2v) is 3.45. The van der Waals surface area contributed by atoms with Gasteiger partial charge in [-0.2, -0.15) is 0 Å². The predicted molar refractivity (Wildman–Crippen MR) is 62.3 cm³/mol. The number of hydrogen-bond acceptors (Lipinski definition) is 4. The maximum atomic E-state index is 11.6. The lowest BCUT2D eigenvalue weighted by Gasteiger charge is -2.03. The summed E-state index contributed by atoms with van der Waals surface area (Å²) in [6.07, 6.45) is 6.82. The quantitative estimate of drug-likeness (QED) is 0.842. The molecular weight excluding hydrogens is 216 g/mol. The molecule has 0 atom stereocenters. The van der Waals surface area contributed by atoms with Crippen LogP contribution in [0.15, 0.2) is 43.1 Å². The molecule has 0 saturated heterocycles. The first-order chi connectivity index (χ1) is 8.36. The topological polar surface area (TPSA) is 67.8 Å². The predicted octanol–water partition coefficient (Wildman–Crippen LogP) is 0.844. The SMILES string of the molecule is O=C(NCCc1ccccn1)c1cncnc1. The second-order valence-electron chi connectivity index (χ2n) is 3.45. The fourth-order valence-corrected chi connectivity index (χ4v) is 1.37. The highest BCUT2D eigenvalue weighted by Gasteiger charge is 2.04. The summed E-state index contributed by atoms with van der Waals surface area (Å²) in [5, 5.41) is 2.79. The van der Waals surface area contributed by atoms with E-state index in [1.807, 2.05) is 18.2 Å². The van der Waals surface area contributed by atoms with Gasteiger partial charge in [0, 0.05) is 37.3 Å². The molecule has 0 radical (unpaired) electrons. The fraction of sp³-hybridized carbons (Fsp3) is 0.167. The third-order valence-electron chi connectivity index (χ3n) is 2.22. The number of amides is 1. The first kappa shape index (κ1) is 11.2. The first-order valence-corrected chi connectivity index (χ1v) is 5.29. The van der Waals surface area contributed by atoms with Gasteiger partial charge in [0.15, 0.2) is 0 Å². The van der Waals surface area contributed by atoms with E-state index in [1.165, 1.54) is 18.7 Å². The molecule has 0 aliphatic heterocycles. The van der Waals surface area contributed by atoms with Crippen molar-refractivity contribution >= 4 is 5.91 Å². The zero-order valence-electron chi connectivity index (χ0n) is 9.21. The summed E-state index contributed by atoms with van der Waals surface area (Å²) in [7, 11) is 0. The lowest BCUT2D eigenvalue weighted by Crippen LogP contribution is -2.26. The molecule has 2 rings (SSSR count). The maximum Gasteiger partial charge on any atom is 0.254 e. The molecule has 0 unspecified atom stereocenters. The highest BCUT2D eigenvalue weighted by molar-refractivity contribution is 5.93. The number of aromatic nitrogens is 3. The van der Waals surface area contributed by atoms with Gasteiger partial charge in [-0.15, -0.1) is 0 Å². The molecular formula is C12H12N4O. The Labute approximate surface area is 99.0 Å². The van der Waals surface area contributed by atoms with Crippen molar-refractivity contribution in [2.45, 2.75) is 6.42 Å². The molecule has 0 saturated carbocycles. The highest BCUT2D eigenvalue weighted by Crippen LogP contribution is 1.95. The average Bonchev–Trinajstić information content (AvgIpc) is 2.41. The van der Waals surface area contributed by atoms with Gasteiger partial charge in [0.25, 0.3) is 5.91 Å². The van der Waals surface area contributed by atoms with Crippen LogP contribution in [0.2, 0.25) is 0 Å². The summed E-state index contributed by atoms with van der Waals surface area (Å²) in [6.45, 7) is 0.546. The van der Waals surface area contributed by atoms with Gasteiger partial charge in [0.2, 0.25) is 0 Å². The van der Waals surface area contributed by atoms with E-state index in [2.05, 4.69) is 20.3 Å². The molecule has 0 aliphatic rings. The lowest BCUT2D eigenvalue weighted by molar-refractivity contribution is 0.0953. The summed E-state index contributed by atoms with van der Waals surface area (Å²) >= 11 is 0. The van der Waals surface area contributed by atoms with Crippen LogP contribution in [0.1, 0.15) is 16.1 Å². The van der Waals surface area contributed by atoms with E-state index < -0.39 is 0 Å². The Morgan fingerprint density at radius 3 is 2.76 bits per heavy atom. The van der Waals surface area contributed by atoms with E-state index in [0.29, 0.717) is 18.5 Å². The Kier molecular flexibility index (Phi) is 3.75. The minimum atomic E-state index is -0.165. The van der Waals surface area contributed by atoms with E-state index in [0.717, 1.165) is 5.69 Å². The van der Waals surface area contributed by atoms with Crippen LogP contribution >= 0.6 is 0 Å². The number of hydrogen-bond donors (Lipinski definition) is 1. The van der Waals surface area contributed by atoms with Gasteiger partial charge >= 0.3 is 0 Å². The molecule has 2 aromatic rings. The van der Waals surface area contributed by atoms with Gasteiger partial charge in [-0.3, -0.25) is 9.78 Å². The molecule has 0 spiro atoms. The van der Waals surface area contributed by atoms with Crippen molar-refractivity contribution in [3.63, 3.8) is 0 Å². The minimum absolute atomic E-state index is 0.165.